The molecule has 2 heterocycles. The molecule has 0 saturated heterocycles. The number of carbonyl (C=O) groups is 1. The van der Waals surface area contributed by atoms with Crippen molar-refractivity contribution in [2.24, 2.45) is 0 Å². The van der Waals surface area contributed by atoms with Crippen LogP contribution in [0.25, 0.3) is 0 Å². The summed E-state index contributed by atoms with van der Waals surface area (Å²) in [6, 6.07) is 7.19. The Morgan fingerprint density at radius 3 is 2.76 bits per heavy atom. The summed E-state index contributed by atoms with van der Waals surface area (Å²) in [4.78, 5) is 18.9. The topological polar surface area (TPSA) is 54.9 Å². The van der Waals surface area contributed by atoms with E-state index in [2.05, 4.69) is 15.3 Å². The molecule has 0 aromatic carbocycles. The minimum atomic E-state index is -0.503. The second-order valence-corrected chi connectivity index (χ2v) is 3.76. The van der Waals surface area contributed by atoms with Gasteiger partial charge in [-0.2, -0.15) is 0 Å². The Kier molecular flexibility index (Phi) is 3.67. The zero-order valence-corrected chi connectivity index (χ0v) is 9.69. The monoisotopic (exact) mass is 247 g/mol. The number of carbonyl (C=O) groups excluding carboxylic acids is 1. The molecule has 1 N–H and O–H groups in total. The zero-order chi connectivity index (χ0) is 12.1. The van der Waals surface area contributed by atoms with Crippen molar-refractivity contribution in [3.8, 4) is 0 Å². The second-order valence-electron chi connectivity index (χ2n) is 3.42. The molecule has 0 aliphatic carbocycles. The average Bonchev–Trinajstić information content (AvgIpc) is 2.38. The molecule has 0 saturated carbocycles. The van der Waals surface area contributed by atoms with Crippen LogP contribution in [0.4, 0.5) is 5.82 Å². The summed E-state index contributed by atoms with van der Waals surface area (Å²) >= 11 is 5.32. The molecule has 2 rings (SSSR count). The maximum atomic E-state index is 10.8. The van der Waals surface area contributed by atoms with Crippen LogP contribution < -0.4 is 5.32 Å². The van der Waals surface area contributed by atoms with Gasteiger partial charge in [-0.3, -0.25) is 9.78 Å². The highest BCUT2D eigenvalue weighted by molar-refractivity contribution is 6.67. The van der Waals surface area contributed by atoms with Crippen molar-refractivity contribution >= 4 is 22.7 Å². The third-order valence-corrected chi connectivity index (χ3v) is 2.41. The predicted octanol–water partition coefficient (Wildman–Crippen LogP) is 2.47. The highest BCUT2D eigenvalue weighted by atomic mass is 35.5. The van der Waals surface area contributed by atoms with Crippen LogP contribution in [0.5, 0.6) is 0 Å². The minimum absolute atomic E-state index is 0.388. The molecule has 0 aliphatic rings. The summed E-state index contributed by atoms with van der Waals surface area (Å²) in [5, 5.41) is 2.62. The van der Waals surface area contributed by atoms with Gasteiger partial charge in [0, 0.05) is 25.1 Å². The Labute approximate surface area is 104 Å². The first-order chi connectivity index (χ1) is 8.25. The molecule has 0 spiro atoms. The highest BCUT2D eigenvalue weighted by Gasteiger charge is 2.01. The van der Waals surface area contributed by atoms with E-state index in [0.717, 1.165) is 5.56 Å². The molecule has 0 bridgehead atoms. The van der Waals surface area contributed by atoms with Gasteiger partial charge in [0.25, 0.3) is 5.24 Å². The fourth-order valence-electron chi connectivity index (χ4n) is 1.31. The lowest BCUT2D eigenvalue weighted by molar-refractivity contribution is 0.108. The van der Waals surface area contributed by atoms with Crippen LogP contribution >= 0.6 is 11.6 Å². The van der Waals surface area contributed by atoms with Gasteiger partial charge < -0.3 is 5.32 Å². The second kappa shape index (κ2) is 5.41. The van der Waals surface area contributed by atoms with Crippen LogP contribution in [0.1, 0.15) is 15.9 Å². The molecule has 5 heteroatoms. The Morgan fingerprint density at radius 2 is 2.18 bits per heavy atom. The van der Waals surface area contributed by atoms with Gasteiger partial charge in [0.2, 0.25) is 0 Å². The smallest absolute Gasteiger partial charge is 0.253 e. The molecule has 0 aliphatic heterocycles. The van der Waals surface area contributed by atoms with Crippen LogP contribution in [0.2, 0.25) is 0 Å². The molecular weight excluding hydrogens is 238 g/mol. The highest BCUT2D eigenvalue weighted by Crippen LogP contribution is 2.08. The summed E-state index contributed by atoms with van der Waals surface area (Å²) in [6.07, 6.45) is 4.95. The number of hydrogen-bond donors (Lipinski definition) is 1. The molecule has 2 aromatic rings. The summed E-state index contributed by atoms with van der Waals surface area (Å²) in [5.74, 6) is 0.690. The van der Waals surface area contributed by atoms with Gasteiger partial charge in [-0.05, 0) is 35.4 Å². The largest absolute Gasteiger partial charge is 0.366 e. The SMILES string of the molecule is O=C(Cl)c1ccc(NCc2cccnc2)nc1. The first-order valence-corrected chi connectivity index (χ1v) is 5.42. The van der Waals surface area contributed by atoms with Crippen LogP contribution in [-0.4, -0.2) is 15.2 Å². The molecular formula is C12H10ClN3O. The van der Waals surface area contributed by atoms with Crippen LogP contribution in [0, 0.1) is 0 Å². The molecule has 4 nitrogen and oxygen atoms in total. The van der Waals surface area contributed by atoms with E-state index in [4.69, 9.17) is 11.6 Å². The summed E-state index contributed by atoms with van der Waals surface area (Å²) < 4.78 is 0. The Morgan fingerprint density at radius 1 is 1.29 bits per heavy atom. The Hall–Kier alpha value is -1.94. The van der Waals surface area contributed by atoms with Crippen molar-refractivity contribution in [3.05, 3.63) is 54.0 Å². The van der Waals surface area contributed by atoms with Crippen molar-refractivity contribution in [2.45, 2.75) is 6.54 Å². The molecule has 0 radical (unpaired) electrons. The summed E-state index contributed by atoms with van der Waals surface area (Å²) in [7, 11) is 0. The number of aromatic nitrogens is 2. The van der Waals surface area contributed by atoms with Crippen LogP contribution in [0.3, 0.4) is 0 Å². The van der Waals surface area contributed by atoms with Gasteiger partial charge in [0.15, 0.2) is 0 Å². The first kappa shape index (κ1) is 11.5. The lowest BCUT2D eigenvalue weighted by atomic mass is 10.3. The van der Waals surface area contributed by atoms with Crippen LogP contribution in [-0.2, 0) is 6.54 Å². The maximum absolute atomic E-state index is 10.8. The standard InChI is InChI=1S/C12H10ClN3O/c13-12(17)10-3-4-11(16-8-10)15-7-9-2-1-5-14-6-9/h1-6,8H,7H2,(H,15,16). The van der Waals surface area contributed by atoms with E-state index in [1.807, 2.05) is 12.1 Å². The molecule has 2 aromatic heterocycles. The third kappa shape index (κ3) is 3.26. The zero-order valence-electron chi connectivity index (χ0n) is 8.93. The van der Waals surface area contributed by atoms with Crippen molar-refractivity contribution in [1.82, 2.24) is 9.97 Å². The van der Waals surface area contributed by atoms with Gasteiger partial charge in [-0.15, -0.1) is 0 Å². The van der Waals surface area contributed by atoms with Crippen molar-refractivity contribution in [3.63, 3.8) is 0 Å². The fraction of sp³-hybridized carbons (Fsp3) is 0.0833. The number of anilines is 1. The van der Waals surface area contributed by atoms with E-state index in [-0.39, 0.29) is 0 Å². The lowest BCUT2D eigenvalue weighted by Crippen LogP contribution is -2.02. The van der Waals surface area contributed by atoms with E-state index in [0.29, 0.717) is 17.9 Å². The average molecular weight is 248 g/mol. The predicted molar refractivity (Wildman–Crippen MR) is 66.0 cm³/mol. The van der Waals surface area contributed by atoms with E-state index < -0.39 is 5.24 Å². The summed E-state index contributed by atoms with van der Waals surface area (Å²) in [6.45, 7) is 0.634. The normalized spacial score (nSPS) is 9.94. The fourth-order valence-corrected chi connectivity index (χ4v) is 1.42. The molecule has 0 unspecified atom stereocenters. The van der Waals surface area contributed by atoms with E-state index >= 15 is 0 Å². The number of halogens is 1. The third-order valence-electron chi connectivity index (χ3n) is 2.19. The minimum Gasteiger partial charge on any atom is -0.366 e. The van der Waals surface area contributed by atoms with E-state index in [9.17, 15) is 4.79 Å². The van der Waals surface area contributed by atoms with E-state index in [1.165, 1.54) is 6.20 Å². The number of nitrogens with zero attached hydrogens (tertiary/aromatic N) is 2. The van der Waals surface area contributed by atoms with Crippen molar-refractivity contribution in [1.29, 1.82) is 0 Å². The Bertz CT molecular complexity index is 499. The number of rotatable bonds is 4. The van der Waals surface area contributed by atoms with Crippen molar-refractivity contribution in [2.75, 3.05) is 5.32 Å². The van der Waals surface area contributed by atoms with Gasteiger partial charge in [-0.25, -0.2) is 4.98 Å². The molecule has 0 amide bonds. The van der Waals surface area contributed by atoms with Gasteiger partial charge in [-0.1, -0.05) is 6.07 Å². The van der Waals surface area contributed by atoms with Gasteiger partial charge >= 0.3 is 0 Å². The van der Waals surface area contributed by atoms with Gasteiger partial charge in [0.05, 0.1) is 5.56 Å². The number of pyridine rings is 2. The quantitative estimate of drug-likeness (QED) is 0.844. The first-order valence-electron chi connectivity index (χ1n) is 5.04. The summed E-state index contributed by atoms with van der Waals surface area (Å²) in [5.41, 5.74) is 1.45. The van der Waals surface area contributed by atoms with Crippen molar-refractivity contribution < 1.29 is 4.79 Å². The molecule has 86 valence electrons. The van der Waals surface area contributed by atoms with E-state index in [1.54, 1.807) is 24.5 Å². The molecule has 0 fully saturated rings. The van der Waals surface area contributed by atoms with Crippen LogP contribution in [0.15, 0.2) is 42.9 Å². The molecule has 17 heavy (non-hydrogen) atoms. The van der Waals surface area contributed by atoms with Gasteiger partial charge in [0.1, 0.15) is 5.82 Å². The maximum Gasteiger partial charge on any atom is 0.253 e. The molecule has 0 atom stereocenters. The number of hydrogen-bond acceptors (Lipinski definition) is 4. The Balaban J connectivity index is 1.98. The number of nitrogens with one attached hydrogen (secondary N) is 1. The lowest BCUT2D eigenvalue weighted by Gasteiger charge is -2.05.